The lowest BCUT2D eigenvalue weighted by Crippen LogP contribution is -2.40. The van der Waals surface area contributed by atoms with E-state index < -0.39 is 0 Å². The summed E-state index contributed by atoms with van der Waals surface area (Å²) in [5, 5.41) is 2.94. The van der Waals surface area contributed by atoms with E-state index in [9.17, 15) is 4.79 Å². The Hall–Kier alpha value is -0.790. The third-order valence-corrected chi connectivity index (χ3v) is 2.03. The number of carbonyl (C=O) groups excluding carboxylic acids is 1. The van der Waals surface area contributed by atoms with E-state index in [-0.39, 0.29) is 23.3 Å². The summed E-state index contributed by atoms with van der Waals surface area (Å²) in [6, 6.07) is 0.206. The zero-order valence-corrected chi connectivity index (χ0v) is 10.2. The second kappa shape index (κ2) is 5.18. The minimum atomic E-state index is -0.0464. The Bertz CT molecular complexity index is 211. The molecule has 0 radical (unpaired) electrons. The second-order valence-electron chi connectivity index (χ2n) is 5.03. The van der Waals surface area contributed by atoms with Crippen molar-refractivity contribution in [3.05, 3.63) is 12.2 Å². The molecule has 0 bridgehead atoms. The molecule has 0 heterocycles. The van der Waals surface area contributed by atoms with Crippen LogP contribution in [0.25, 0.3) is 0 Å². The monoisotopic (exact) mass is 197 g/mol. The molecule has 0 saturated carbocycles. The molecule has 0 rings (SSSR count). The van der Waals surface area contributed by atoms with Gasteiger partial charge in [0.25, 0.3) is 0 Å². The summed E-state index contributed by atoms with van der Waals surface area (Å²) in [5.74, 6) is 0.0699. The minimum Gasteiger partial charge on any atom is -0.353 e. The van der Waals surface area contributed by atoms with Crippen LogP contribution in [0.5, 0.6) is 0 Å². The number of rotatable bonds is 3. The standard InChI is InChI=1S/C12H23NO/c1-7-8-10(12(4,5)6)11(14)13-9(2)3/h7-10H,1-6H3,(H,13,14). The molecule has 0 spiro atoms. The normalized spacial score (nSPS) is 14.8. The van der Waals surface area contributed by atoms with Gasteiger partial charge in [0, 0.05) is 6.04 Å². The molecule has 0 aromatic rings. The van der Waals surface area contributed by atoms with E-state index in [0.29, 0.717) is 0 Å². The quantitative estimate of drug-likeness (QED) is 0.692. The van der Waals surface area contributed by atoms with E-state index >= 15 is 0 Å². The fourth-order valence-corrected chi connectivity index (χ4v) is 1.34. The number of hydrogen-bond donors (Lipinski definition) is 1. The molecule has 2 heteroatoms. The van der Waals surface area contributed by atoms with Crippen molar-refractivity contribution in [2.24, 2.45) is 11.3 Å². The Morgan fingerprint density at radius 1 is 1.29 bits per heavy atom. The summed E-state index contributed by atoms with van der Waals surface area (Å²) in [7, 11) is 0. The molecule has 0 aromatic carbocycles. The Balaban J connectivity index is 4.59. The van der Waals surface area contributed by atoms with Crippen LogP contribution in [0.3, 0.4) is 0 Å². The van der Waals surface area contributed by atoms with Crippen molar-refractivity contribution >= 4 is 5.91 Å². The summed E-state index contributed by atoms with van der Waals surface area (Å²) in [6.07, 6.45) is 3.91. The first-order valence-electron chi connectivity index (χ1n) is 5.22. The van der Waals surface area contributed by atoms with E-state index in [0.717, 1.165) is 0 Å². The van der Waals surface area contributed by atoms with Gasteiger partial charge in [0.2, 0.25) is 5.91 Å². The van der Waals surface area contributed by atoms with Crippen LogP contribution in [-0.4, -0.2) is 11.9 Å². The maximum atomic E-state index is 11.8. The highest BCUT2D eigenvalue weighted by atomic mass is 16.1. The Labute approximate surface area is 87.8 Å². The molecular weight excluding hydrogens is 174 g/mol. The lowest BCUT2D eigenvalue weighted by Gasteiger charge is -2.27. The predicted octanol–water partition coefficient (Wildman–Crippen LogP) is 2.75. The summed E-state index contributed by atoms with van der Waals surface area (Å²) in [4.78, 5) is 11.8. The van der Waals surface area contributed by atoms with Crippen molar-refractivity contribution in [1.82, 2.24) is 5.32 Å². The van der Waals surface area contributed by atoms with Crippen molar-refractivity contribution in [1.29, 1.82) is 0 Å². The van der Waals surface area contributed by atoms with E-state index in [4.69, 9.17) is 0 Å². The van der Waals surface area contributed by atoms with Crippen molar-refractivity contribution in [3.8, 4) is 0 Å². The molecule has 82 valence electrons. The molecule has 1 amide bonds. The predicted molar refractivity (Wildman–Crippen MR) is 61.0 cm³/mol. The van der Waals surface area contributed by atoms with Crippen molar-refractivity contribution < 1.29 is 4.79 Å². The van der Waals surface area contributed by atoms with Crippen LogP contribution in [0.15, 0.2) is 12.2 Å². The summed E-state index contributed by atoms with van der Waals surface area (Å²) in [6.45, 7) is 12.1. The molecule has 14 heavy (non-hydrogen) atoms. The van der Waals surface area contributed by atoms with Crippen molar-refractivity contribution in [3.63, 3.8) is 0 Å². The van der Waals surface area contributed by atoms with Crippen LogP contribution >= 0.6 is 0 Å². The average Bonchev–Trinajstić information content (AvgIpc) is 1.96. The third kappa shape index (κ3) is 4.45. The maximum absolute atomic E-state index is 11.8. The van der Waals surface area contributed by atoms with Gasteiger partial charge in [-0.05, 0) is 26.2 Å². The third-order valence-electron chi connectivity index (χ3n) is 2.03. The fraction of sp³-hybridized carbons (Fsp3) is 0.750. The van der Waals surface area contributed by atoms with E-state index in [1.807, 2.05) is 32.9 Å². The summed E-state index contributed by atoms with van der Waals surface area (Å²) in [5.41, 5.74) is -0.0223. The van der Waals surface area contributed by atoms with Gasteiger partial charge in [-0.3, -0.25) is 4.79 Å². The SMILES string of the molecule is CC=CC(C(=O)NC(C)C)C(C)(C)C. The lowest BCUT2D eigenvalue weighted by atomic mass is 9.80. The van der Waals surface area contributed by atoms with Gasteiger partial charge in [-0.1, -0.05) is 32.9 Å². The van der Waals surface area contributed by atoms with Crippen molar-refractivity contribution in [2.45, 2.75) is 47.6 Å². The highest BCUT2D eigenvalue weighted by Gasteiger charge is 2.28. The zero-order chi connectivity index (χ0) is 11.4. The van der Waals surface area contributed by atoms with Crippen LogP contribution in [0, 0.1) is 11.3 Å². The van der Waals surface area contributed by atoms with Crippen LogP contribution < -0.4 is 5.32 Å². The van der Waals surface area contributed by atoms with Gasteiger partial charge in [-0.2, -0.15) is 0 Å². The van der Waals surface area contributed by atoms with Gasteiger partial charge in [-0.15, -0.1) is 0 Å². The van der Waals surface area contributed by atoms with Crippen LogP contribution in [0.1, 0.15) is 41.5 Å². The van der Waals surface area contributed by atoms with Crippen LogP contribution in [0.2, 0.25) is 0 Å². The lowest BCUT2D eigenvalue weighted by molar-refractivity contribution is -0.126. The fourth-order valence-electron chi connectivity index (χ4n) is 1.34. The van der Waals surface area contributed by atoms with Crippen LogP contribution in [-0.2, 0) is 4.79 Å². The van der Waals surface area contributed by atoms with Gasteiger partial charge >= 0.3 is 0 Å². The summed E-state index contributed by atoms with van der Waals surface area (Å²) >= 11 is 0. The molecule has 1 N–H and O–H groups in total. The molecule has 0 aliphatic rings. The van der Waals surface area contributed by atoms with Gasteiger partial charge < -0.3 is 5.32 Å². The topological polar surface area (TPSA) is 29.1 Å². The van der Waals surface area contributed by atoms with E-state index in [1.165, 1.54) is 0 Å². The molecule has 1 unspecified atom stereocenters. The second-order valence-corrected chi connectivity index (χ2v) is 5.03. The Morgan fingerprint density at radius 3 is 2.07 bits per heavy atom. The molecule has 0 fully saturated rings. The molecule has 0 aromatic heterocycles. The molecule has 2 nitrogen and oxygen atoms in total. The smallest absolute Gasteiger partial charge is 0.227 e. The average molecular weight is 197 g/mol. The highest BCUT2D eigenvalue weighted by Crippen LogP contribution is 2.27. The number of amides is 1. The Morgan fingerprint density at radius 2 is 1.79 bits per heavy atom. The molecule has 1 atom stereocenters. The number of hydrogen-bond acceptors (Lipinski definition) is 1. The number of allylic oxidation sites excluding steroid dienone is 1. The van der Waals surface area contributed by atoms with E-state index in [2.05, 4.69) is 26.1 Å². The molecule has 0 aliphatic carbocycles. The van der Waals surface area contributed by atoms with Crippen LogP contribution in [0.4, 0.5) is 0 Å². The largest absolute Gasteiger partial charge is 0.353 e. The van der Waals surface area contributed by atoms with Crippen molar-refractivity contribution in [2.75, 3.05) is 0 Å². The maximum Gasteiger partial charge on any atom is 0.227 e. The number of carbonyl (C=O) groups is 1. The first kappa shape index (κ1) is 13.2. The highest BCUT2D eigenvalue weighted by molar-refractivity contribution is 5.81. The van der Waals surface area contributed by atoms with E-state index in [1.54, 1.807) is 0 Å². The summed E-state index contributed by atoms with van der Waals surface area (Å²) < 4.78 is 0. The first-order valence-corrected chi connectivity index (χ1v) is 5.22. The van der Waals surface area contributed by atoms with Gasteiger partial charge in [0.15, 0.2) is 0 Å². The Kier molecular flexibility index (Phi) is 4.89. The van der Waals surface area contributed by atoms with Gasteiger partial charge in [0.1, 0.15) is 0 Å². The first-order chi connectivity index (χ1) is 6.29. The van der Waals surface area contributed by atoms with Gasteiger partial charge in [-0.25, -0.2) is 0 Å². The zero-order valence-electron chi connectivity index (χ0n) is 10.2. The molecule has 0 saturated heterocycles. The molecule has 0 aliphatic heterocycles. The number of nitrogens with one attached hydrogen (secondary N) is 1. The minimum absolute atomic E-state index is 0.0223. The van der Waals surface area contributed by atoms with Gasteiger partial charge in [0.05, 0.1) is 5.92 Å². The molecular formula is C12H23NO.